The van der Waals surface area contributed by atoms with Gasteiger partial charge in [0.15, 0.2) is 5.78 Å². The van der Waals surface area contributed by atoms with Crippen LogP contribution in [0.2, 0.25) is 0 Å². The predicted octanol–water partition coefficient (Wildman–Crippen LogP) is 0.390. The summed E-state index contributed by atoms with van der Waals surface area (Å²) in [6, 6.07) is 0. The standard InChI is InChI=1S/C12H15NO4/c1-6(2)4-9(15)11-8(7(3)14)5-10(16)13-12(11)17/h5-6,11H,4H2,1-3H3,(H,13,16,17)/t11-/m0/s1. The lowest BCUT2D eigenvalue weighted by Crippen LogP contribution is -2.45. The molecule has 0 aliphatic carbocycles. The maximum absolute atomic E-state index is 11.9. The largest absolute Gasteiger partial charge is 0.298 e. The Bertz CT molecular complexity index is 420. The van der Waals surface area contributed by atoms with E-state index in [4.69, 9.17) is 0 Å². The van der Waals surface area contributed by atoms with Gasteiger partial charge < -0.3 is 0 Å². The van der Waals surface area contributed by atoms with Crippen LogP contribution in [0.4, 0.5) is 0 Å². The first-order valence-corrected chi connectivity index (χ1v) is 5.43. The van der Waals surface area contributed by atoms with Gasteiger partial charge in [0.2, 0.25) is 5.91 Å². The number of nitrogens with one attached hydrogen (secondary N) is 1. The third-order valence-corrected chi connectivity index (χ3v) is 2.44. The molecule has 0 fully saturated rings. The minimum atomic E-state index is -1.13. The van der Waals surface area contributed by atoms with Gasteiger partial charge in [-0.15, -0.1) is 0 Å². The number of rotatable bonds is 4. The molecule has 2 amide bonds. The van der Waals surface area contributed by atoms with Crippen molar-refractivity contribution in [3.63, 3.8) is 0 Å². The van der Waals surface area contributed by atoms with E-state index in [9.17, 15) is 19.2 Å². The Kier molecular flexibility index (Phi) is 3.93. The molecule has 1 atom stereocenters. The normalized spacial score (nSPS) is 20.0. The zero-order chi connectivity index (χ0) is 13.2. The first-order valence-electron chi connectivity index (χ1n) is 5.43. The summed E-state index contributed by atoms with van der Waals surface area (Å²) in [6.45, 7) is 4.94. The minimum Gasteiger partial charge on any atom is -0.298 e. The molecule has 1 aliphatic heterocycles. The van der Waals surface area contributed by atoms with Gasteiger partial charge in [-0.3, -0.25) is 24.5 Å². The van der Waals surface area contributed by atoms with Gasteiger partial charge in [0.1, 0.15) is 11.7 Å². The fourth-order valence-corrected chi connectivity index (χ4v) is 1.74. The molecule has 0 aromatic carbocycles. The second-order valence-corrected chi connectivity index (χ2v) is 4.51. The van der Waals surface area contributed by atoms with Crippen LogP contribution < -0.4 is 5.32 Å². The Morgan fingerprint density at radius 2 is 1.94 bits per heavy atom. The Morgan fingerprint density at radius 1 is 1.35 bits per heavy atom. The van der Waals surface area contributed by atoms with Gasteiger partial charge in [-0.05, 0) is 12.8 Å². The molecule has 1 aliphatic rings. The van der Waals surface area contributed by atoms with Crippen molar-refractivity contribution in [3.8, 4) is 0 Å². The van der Waals surface area contributed by atoms with Crippen LogP contribution >= 0.6 is 0 Å². The van der Waals surface area contributed by atoms with Crippen molar-refractivity contribution in [1.29, 1.82) is 0 Å². The van der Waals surface area contributed by atoms with E-state index in [-0.39, 0.29) is 23.7 Å². The van der Waals surface area contributed by atoms with E-state index in [1.54, 1.807) is 0 Å². The first-order chi connectivity index (χ1) is 7.82. The number of amides is 2. The van der Waals surface area contributed by atoms with Crippen LogP contribution in [0.1, 0.15) is 27.2 Å². The lowest BCUT2D eigenvalue weighted by molar-refractivity contribution is -0.137. The molecule has 1 heterocycles. The van der Waals surface area contributed by atoms with E-state index in [0.29, 0.717) is 0 Å². The van der Waals surface area contributed by atoms with E-state index in [2.05, 4.69) is 0 Å². The van der Waals surface area contributed by atoms with E-state index in [1.807, 2.05) is 19.2 Å². The third-order valence-electron chi connectivity index (χ3n) is 2.44. The number of hydrogen-bond acceptors (Lipinski definition) is 4. The van der Waals surface area contributed by atoms with Crippen LogP contribution in [0.3, 0.4) is 0 Å². The lowest BCUT2D eigenvalue weighted by Gasteiger charge is -2.21. The average molecular weight is 237 g/mol. The molecule has 5 heteroatoms. The summed E-state index contributed by atoms with van der Waals surface area (Å²) >= 11 is 0. The Balaban J connectivity index is 3.05. The molecule has 0 saturated heterocycles. The Labute approximate surface area is 99.3 Å². The van der Waals surface area contributed by atoms with Gasteiger partial charge in [0, 0.05) is 18.1 Å². The second-order valence-electron chi connectivity index (χ2n) is 4.51. The van der Waals surface area contributed by atoms with Crippen LogP contribution in [0.15, 0.2) is 11.6 Å². The van der Waals surface area contributed by atoms with Gasteiger partial charge >= 0.3 is 0 Å². The summed E-state index contributed by atoms with van der Waals surface area (Å²) in [4.78, 5) is 45.9. The number of carbonyl (C=O) groups is 4. The van der Waals surface area contributed by atoms with Gasteiger partial charge in [-0.1, -0.05) is 13.8 Å². The quantitative estimate of drug-likeness (QED) is 0.566. The van der Waals surface area contributed by atoms with Crippen LogP contribution in [0.25, 0.3) is 0 Å². The number of hydrogen-bond donors (Lipinski definition) is 1. The zero-order valence-corrected chi connectivity index (χ0v) is 10.1. The summed E-state index contributed by atoms with van der Waals surface area (Å²) in [5.74, 6) is -3.13. The minimum absolute atomic E-state index is 0.00981. The molecular formula is C12H15NO4. The maximum Gasteiger partial charge on any atom is 0.251 e. The third kappa shape index (κ3) is 3.09. The molecule has 0 unspecified atom stereocenters. The SMILES string of the molecule is CC(=O)C1=CC(=O)NC(=O)[C@@H]1C(=O)CC(C)C. The van der Waals surface area contributed by atoms with E-state index < -0.39 is 23.5 Å². The van der Waals surface area contributed by atoms with Crippen LogP contribution in [0.5, 0.6) is 0 Å². The molecule has 1 N–H and O–H groups in total. The molecule has 0 saturated carbocycles. The monoisotopic (exact) mass is 237 g/mol. The Morgan fingerprint density at radius 3 is 2.41 bits per heavy atom. The highest BCUT2D eigenvalue weighted by molar-refractivity contribution is 6.21. The van der Waals surface area contributed by atoms with Crippen molar-refractivity contribution < 1.29 is 19.2 Å². The average Bonchev–Trinajstić information content (AvgIpc) is 2.14. The molecule has 0 radical (unpaired) electrons. The van der Waals surface area contributed by atoms with Crippen molar-refractivity contribution in [2.24, 2.45) is 11.8 Å². The lowest BCUT2D eigenvalue weighted by atomic mass is 9.85. The van der Waals surface area contributed by atoms with E-state index in [0.717, 1.165) is 6.08 Å². The molecule has 0 spiro atoms. The predicted molar refractivity (Wildman–Crippen MR) is 59.9 cm³/mol. The molecular weight excluding hydrogens is 222 g/mol. The number of Topliss-reactive ketones (excluding diaryl/α,β-unsaturated/α-hetero) is 2. The number of carbonyl (C=O) groups excluding carboxylic acids is 4. The number of imide groups is 1. The molecule has 0 aromatic rings. The number of ketones is 2. The van der Waals surface area contributed by atoms with Crippen LogP contribution in [-0.4, -0.2) is 23.4 Å². The van der Waals surface area contributed by atoms with Gasteiger partial charge in [-0.2, -0.15) is 0 Å². The summed E-state index contributed by atoms with van der Waals surface area (Å²) < 4.78 is 0. The van der Waals surface area contributed by atoms with Gasteiger partial charge in [0.05, 0.1) is 0 Å². The molecule has 92 valence electrons. The molecule has 5 nitrogen and oxygen atoms in total. The van der Waals surface area contributed by atoms with Gasteiger partial charge in [0.25, 0.3) is 5.91 Å². The van der Waals surface area contributed by atoms with Crippen LogP contribution in [-0.2, 0) is 19.2 Å². The molecule has 0 bridgehead atoms. The summed E-state index contributed by atoms with van der Waals surface area (Å²) in [6.07, 6.45) is 1.24. The second kappa shape index (κ2) is 5.03. The van der Waals surface area contributed by atoms with Gasteiger partial charge in [-0.25, -0.2) is 0 Å². The zero-order valence-electron chi connectivity index (χ0n) is 10.1. The fourth-order valence-electron chi connectivity index (χ4n) is 1.74. The topological polar surface area (TPSA) is 80.3 Å². The highest BCUT2D eigenvalue weighted by Gasteiger charge is 2.36. The maximum atomic E-state index is 11.9. The molecule has 0 aromatic heterocycles. The molecule has 17 heavy (non-hydrogen) atoms. The summed E-state index contributed by atoms with van der Waals surface area (Å²) in [5.41, 5.74) is -0.00981. The first kappa shape index (κ1) is 13.3. The smallest absolute Gasteiger partial charge is 0.251 e. The fraction of sp³-hybridized carbons (Fsp3) is 0.500. The Hall–Kier alpha value is -1.78. The van der Waals surface area contributed by atoms with Crippen molar-refractivity contribution in [2.75, 3.05) is 0 Å². The highest BCUT2D eigenvalue weighted by Crippen LogP contribution is 2.20. The highest BCUT2D eigenvalue weighted by atomic mass is 16.2. The summed E-state index contributed by atoms with van der Waals surface area (Å²) in [5, 5.41) is 2.04. The van der Waals surface area contributed by atoms with Crippen molar-refractivity contribution in [2.45, 2.75) is 27.2 Å². The molecule has 1 rings (SSSR count). The van der Waals surface area contributed by atoms with Crippen molar-refractivity contribution in [1.82, 2.24) is 5.32 Å². The van der Waals surface area contributed by atoms with E-state index >= 15 is 0 Å². The van der Waals surface area contributed by atoms with Crippen LogP contribution in [0, 0.1) is 11.8 Å². The van der Waals surface area contributed by atoms with Crippen molar-refractivity contribution >= 4 is 23.4 Å². The van der Waals surface area contributed by atoms with E-state index in [1.165, 1.54) is 6.92 Å². The summed E-state index contributed by atoms with van der Waals surface area (Å²) in [7, 11) is 0. The van der Waals surface area contributed by atoms with Crippen molar-refractivity contribution in [3.05, 3.63) is 11.6 Å².